The Hall–Kier alpha value is -2.52. The molecule has 0 saturated carbocycles. The van der Waals surface area contributed by atoms with E-state index in [-0.39, 0.29) is 5.82 Å². The van der Waals surface area contributed by atoms with Gasteiger partial charge in [0.2, 0.25) is 0 Å². The monoisotopic (exact) mass is 293 g/mol. The Bertz CT molecular complexity index is 750. The Kier molecular flexibility index (Phi) is 3.73. The molecule has 2 nitrogen and oxygen atoms in total. The smallest absolute Gasteiger partial charge is 0.123 e. The molecule has 3 rings (SSSR count). The molecule has 0 fully saturated rings. The van der Waals surface area contributed by atoms with Crippen molar-refractivity contribution >= 4 is 0 Å². The number of aliphatic hydroxyl groups is 1. The Morgan fingerprint density at radius 1 is 0.773 bits per heavy atom. The molecule has 3 aromatic rings. The second-order valence-corrected chi connectivity index (χ2v) is 5.39. The van der Waals surface area contributed by atoms with E-state index in [0.717, 1.165) is 16.7 Å². The van der Waals surface area contributed by atoms with Gasteiger partial charge in [-0.05, 0) is 53.4 Å². The van der Waals surface area contributed by atoms with Crippen molar-refractivity contribution in [1.29, 1.82) is 0 Å². The molecular formula is C19H16FNO. The van der Waals surface area contributed by atoms with Gasteiger partial charge in [0.15, 0.2) is 0 Å². The molecule has 110 valence electrons. The summed E-state index contributed by atoms with van der Waals surface area (Å²) in [5.74, 6) is -0.312. The first-order valence-corrected chi connectivity index (χ1v) is 7.07. The first kappa shape index (κ1) is 14.4. The molecule has 0 aliphatic heterocycles. The third kappa shape index (κ3) is 2.76. The van der Waals surface area contributed by atoms with Crippen LogP contribution >= 0.6 is 0 Å². The number of pyridine rings is 1. The molecule has 0 aliphatic carbocycles. The van der Waals surface area contributed by atoms with Crippen LogP contribution in [-0.2, 0) is 5.60 Å². The summed E-state index contributed by atoms with van der Waals surface area (Å²) in [7, 11) is 0. The normalized spacial score (nSPS) is 13.6. The van der Waals surface area contributed by atoms with Gasteiger partial charge < -0.3 is 5.11 Å². The van der Waals surface area contributed by atoms with Gasteiger partial charge in [0.25, 0.3) is 0 Å². The highest BCUT2D eigenvalue weighted by Gasteiger charge is 2.25. The van der Waals surface area contributed by atoms with Crippen molar-refractivity contribution < 1.29 is 9.50 Å². The average Bonchev–Trinajstić information content (AvgIpc) is 2.56. The zero-order valence-electron chi connectivity index (χ0n) is 12.2. The maximum Gasteiger partial charge on any atom is 0.123 e. The second-order valence-electron chi connectivity index (χ2n) is 5.39. The van der Waals surface area contributed by atoms with Crippen molar-refractivity contribution in [2.24, 2.45) is 0 Å². The first-order chi connectivity index (χ1) is 10.6. The molecule has 2 aromatic carbocycles. The molecule has 0 spiro atoms. The number of benzene rings is 2. The van der Waals surface area contributed by atoms with Crippen LogP contribution in [0.1, 0.15) is 18.1 Å². The van der Waals surface area contributed by atoms with E-state index in [1.165, 1.54) is 12.1 Å². The van der Waals surface area contributed by atoms with Gasteiger partial charge in [-0.3, -0.25) is 4.98 Å². The minimum atomic E-state index is -1.16. The zero-order valence-corrected chi connectivity index (χ0v) is 12.2. The van der Waals surface area contributed by atoms with Crippen LogP contribution in [0.4, 0.5) is 4.39 Å². The highest BCUT2D eigenvalue weighted by molar-refractivity contribution is 5.63. The van der Waals surface area contributed by atoms with Crippen LogP contribution < -0.4 is 0 Å². The van der Waals surface area contributed by atoms with Gasteiger partial charge in [0.1, 0.15) is 11.4 Å². The van der Waals surface area contributed by atoms with E-state index in [1.54, 1.807) is 31.5 Å². The summed E-state index contributed by atoms with van der Waals surface area (Å²) >= 11 is 0. The Balaban J connectivity index is 1.93. The van der Waals surface area contributed by atoms with E-state index in [9.17, 15) is 9.50 Å². The van der Waals surface area contributed by atoms with Crippen LogP contribution in [0.2, 0.25) is 0 Å². The molecular weight excluding hydrogens is 277 g/mol. The van der Waals surface area contributed by atoms with E-state index in [4.69, 9.17) is 0 Å². The van der Waals surface area contributed by atoms with Gasteiger partial charge in [-0.1, -0.05) is 36.4 Å². The van der Waals surface area contributed by atoms with Crippen LogP contribution in [0.25, 0.3) is 11.1 Å². The van der Waals surface area contributed by atoms with Crippen LogP contribution in [0.15, 0.2) is 73.1 Å². The lowest BCUT2D eigenvalue weighted by atomic mass is 9.87. The van der Waals surface area contributed by atoms with Crippen LogP contribution in [-0.4, -0.2) is 10.1 Å². The number of hydrogen-bond acceptors (Lipinski definition) is 2. The summed E-state index contributed by atoms with van der Waals surface area (Å²) in [6, 6.07) is 17.5. The summed E-state index contributed by atoms with van der Waals surface area (Å²) in [5.41, 5.74) is 2.39. The maximum atomic E-state index is 13.0. The molecule has 1 N–H and O–H groups in total. The lowest BCUT2D eigenvalue weighted by Gasteiger charge is -2.24. The summed E-state index contributed by atoms with van der Waals surface area (Å²) in [5, 5.41) is 10.8. The van der Waals surface area contributed by atoms with Gasteiger partial charge in [-0.15, -0.1) is 0 Å². The van der Waals surface area contributed by atoms with Crippen molar-refractivity contribution in [3.8, 4) is 11.1 Å². The van der Waals surface area contributed by atoms with Gasteiger partial charge in [0, 0.05) is 12.4 Å². The molecule has 0 bridgehead atoms. The van der Waals surface area contributed by atoms with Crippen molar-refractivity contribution in [2.45, 2.75) is 12.5 Å². The largest absolute Gasteiger partial charge is 0.381 e. The van der Waals surface area contributed by atoms with E-state index >= 15 is 0 Å². The molecule has 1 atom stereocenters. The molecule has 22 heavy (non-hydrogen) atoms. The van der Waals surface area contributed by atoms with Crippen LogP contribution in [0.3, 0.4) is 0 Å². The fraction of sp³-hybridized carbons (Fsp3) is 0.105. The molecule has 0 amide bonds. The fourth-order valence-corrected chi connectivity index (χ4v) is 2.47. The lowest BCUT2D eigenvalue weighted by Crippen LogP contribution is -2.22. The number of nitrogens with zero attached hydrogens (tertiary/aromatic N) is 1. The lowest BCUT2D eigenvalue weighted by molar-refractivity contribution is 0.102. The number of rotatable bonds is 3. The number of halogens is 1. The Morgan fingerprint density at radius 3 is 1.77 bits per heavy atom. The molecule has 3 heteroatoms. The van der Waals surface area contributed by atoms with Crippen molar-refractivity contribution in [3.63, 3.8) is 0 Å². The van der Waals surface area contributed by atoms with E-state index < -0.39 is 5.60 Å². The highest BCUT2D eigenvalue weighted by Crippen LogP contribution is 2.30. The van der Waals surface area contributed by atoms with Crippen molar-refractivity contribution in [2.75, 3.05) is 0 Å². The van der Waals surface area contributed by atoms with E-state index in [0.29, 0.717) is 5.56 Å². The summed E-state index contributed by atoms with van der Waals surface area (Å²) in [6.45, 7) is 1.71. The predicted octanol–water partition coefficient (Wildman–Crippen LogP) is 4.14. The third-order valence-corrected chi connectivity index (χ3v) is 3.87. The Morgan fingerprint density at radius 2 is 1.23 bits per heavy atom. The fourth-order valence-electron chi connectivity index (χ4n) is 2.47. The SMILES string of the molecule is CC(O)(c1ccc(F)cc1)c1ccc(-c2ccncc2)cc1. The van der Waals surface area contributed by atoms with Gasteiger partial charge in [-0.25, -0.2) is 4.39 Å². The molecule has 1 heterocycles. The van der Waals surface area contributed by atoms with Crippen molar-refractivity contribution in [1.82, 2.24) is 4.98 Å². The van der Waals surface area contributed by atoms with Crippen molar-refractivity contribution in [3.05, 3.63) is 90.0 Å². The van der Waals surface area contributed by atoms with E-state index in [2.05, 4.69) is 4.98 Å². The molecule has 0 radical (unpaired) electrons. The maximum absolute atomic E-state index is 13.0. The topological polar surface area (TPSA) is 33.1 Å². The first-order valence-electron chi connectivity index (χ1n) is 7.07. The quantitative estimate of drug-likeness (QED) is 0.787. The zero-order chi connectivity index (χ0) is 15.6. The molecule has 1 aromatic heterocycles. The summed E-state index contributed by atoms with van der Waals surface area (Å²) in [4.78, 5) is 4.00. The van der Waals surface area contributed by atoms with Crippen LogP contribution in [0, 0.1) is 5.82 Å². The number of hydrogen-bond donors (Lipinski definition) is 1. The Labute approximate surface area is 128 Å². The third-order valence-electron chi connectivity index (χ3n) is 3.87. The predicted molar refractivity (Wildman–Crippen MR) is 84.7 cm³/mol. The van der Waals surface area contributed by atoms with Gasteiger partial charge >= 0.3 is 0 Å². The van der Waals surface area contributed by atoms with Crippen LogP contribution in [0.5, 0.6) is 0 Å². The summed E-state index contributed by atoms with van der Waals surface area (Å²) < 4.78 is 13.0. The average molecular weight is 293 g/mol. The standard InChI is InChI=1S/C19H16FNO/c1-19(22,17-6-8-18(20)9-7-17)16-4-2-14(3-5-16)15-10-12-21-13-11-15/h2-13,22H,1H3. The minimum absolute atomic E-state index is 0.312. The molecule has 0 saturated heterocycles. The minimum Gasteiger partial charge on any atom is -0.381 e. The number of aromatic nitrogens is 1. The highest BCUT2D eigenvalue weighted by atomic mass is 19.1. The summed E-state index contributed by atoms with van der Waals surface area (Å²) in [6.07, 6.45) is 3.50. The molecule has 0 aliphatic rings. The molecule has 1 unspecified atom stereocenters. The second kappa shape index (κ2) is 5.70. The van der Waals surface area contributed by atoms with E-state index in [1.807, 2.05) is 36.4 Å². The van der Waals surface area contributed by atoms with Gasteiger partial charge in [0.05, 0.1) is 0 Å². The van der Waals surface area contributed by atoms with Gasteiger partial charge in [-0.2, -0.15) is 0 Å².